The van der Waals surface area contributed by atoms with E-state index in [-0.39, 0.29) is 11.4 Å². The van der Waals surface area contributed by atoms with E-state index in [9.17, 15) is 23.6 Å². The zero-order valence-electron chi connectivity index (χ0n) is 10.0. The predicted molar refractivity (Wildman–Crippen MR) is 73.1 cm³/mol. The quantitative estimate of drug-likeness (QED) is 0.646. The number of rotatable bonds is 5. The molecule has 0 aliphatic heterocycles. The number of hydrogen-bond donors (Lipinski definition) is 2. The average molecular weight is 314 g/mol. The Morgan fingerprint density at radius 3 is 2.70 bits per heavy atom. The molecule has 2 rings (SSSR count). The molecule has 0 unspecified atom stereocenters. The van der Waals surface area contributed by atoms with Gasteiger partial charge in [0.2, 0.25) is 10.0 Å². The molecule has 2 N–H and O–H groups in total. The summed E-state index contributed by atoms with van der Waals surface area (Å²) in [4.78, 5) is 10.4. The minimum Gasteiger partial charge on any atom is -0.502 e. The monoisotopic (exact) mass is 314 g/mol. The molecule has 0 saturated heterocycles. The third kappa shape index (κ3) is 3.13. The van der Waals surface area contributed by atoms with Gasteiger partial charge < -0.3 is 5.11 Å². The van der Waals surface area contributed by atoms with Gasteiger partial charge >= 0.3 is 5.69 Å². The normalized spacial score (nSPS) is 11.4. The van der Waals surface area contributed by atoms with Crippen LogP contribution in [0.3, 0.4) is 0 Å². The van der Waals surface area contributed by atoms with Gasteiger partial charge in [0.25, 0.3) is 0 Å². The van der Waals surface area contributed by atoms with Crippen LogP contribution >= 0.6 is 11.3 Å². The van der Waals surface area contributed by atoms with E-state index in [2.05, 4.69) is 4.72 Å². The fourth-order valence-corrected chi connectivity index (χ4v) is 3.24. The maximum Gasteiger partial charge on any atom is 0.312 e. The third-order valence-electron chi connectivity index (χ3n) is 2.47. The van der Waals surface area contributed by atoms with E-state index in [0.717, 1.165) is 23.1 Å². The van der Waals surface area contributed by atoms with Crippen molar-refractivity contribution >= 4 is 27.0 Å². The summed E-state index contributed by atoms with van der Waals surface area (Å²) in [5.41, 5.74) is -0.649. The molecule has 0 bridgehead atoms. The zero-order chi connectivity index (χ0) is 14.8. The Kier molecular flexibility index (Phi) is 4.02. The summed E-state index contributed by atoms with van der Waals surface area (Å²) < 4.78 is 26.3. The van der Waals surface area contributed by atoms with E-state index in [4.69, 9.17) is 0 Å². The van der Waals surface area contributed by atoms with Gasteiger partial charge in [-0.05, 0) is 23.6 Å². The zero-order valence-corrected chi connectivity index (χ0v) is 11.6. The predicted octanol–water partition coefficient (Wildman–Crippen LogP) is 1.84. The van der Waals surface area contributed by atoms with Crippen molar-refractivity contribution in [1.82, 2.24) is 4.72 Å². The molecular weight excluding hydrogens is 304 g/mol. The van der Waals surface area contributed by atoms with Crippen LogP contribution < -0.4 is 4.72 Å². The van der Waals surface area contributed by atoms with Gasteiger partial charge in [-0.2, -0.15) is 0 Å². The number of phenolic OH excluding ortho intramolecular Hbond substituents is 1. The molecule has 0 amide bonds. The molecule has 1 heterocycles. The van der Waals surface area contributed by atoms with E-state index in [1.807, 2.05) is 5.38 Å². The molecule has 0 saturated carbocycles. The van der Waals surface area contributed by atoms with Gasteiger partial charge in [0.15, 0.2) is 5.75 Å². The third-order valence-corrected chi connectivity index (χ3v) is 4.75. The summed E-state index contributed by atoms with van der Waals surface area (Å²) in [6, 6.07) is 6.48. The minimum absolute atomic E-state index is 0.106. The summed E-state index contributed by atoms with van der Waals surface area (Å²) in [6.45, 7) is 0.106. The van der Waals surface area contributed by atoms with Crippen molar-refractivity contribution in [2.75, 3.05) is 0 Å². The van der Waals surface area contributed by atoms with Gasteiger partial charge in [-0.15, -0.1) is 11.3 Å². The molecule has 0 radical (unpaired) electrons. The number of aromatic hydroxyl groups is 1. The van der Waals surface area contributed by atoms with E-state index >= 15 is 0 Å². The summed E-state index contributed by atoms with van der Waals surface area (Å²) in [5.74, 6) is -0.577. The molecule has 0 fully saturated rings. The lowest BCUT2D eigenvalue weighted by Gasteiger charge is -2.06. The second kappa shape index (κ2) is 5.57. The molecule has 1 aromatic heterocycles. The van der Waals surface area contributed by atoms with Crippen LogP contribution in [-0.4, -0.2) is 18.4 Å². The van der Waals surface area contributed by atoms with Crippen LogP contribution in [-0.2, 0) is 16.6 Å². The lowest BCUT2D eigenvalue weighted by atomic mass is 10.3. The molecule has 1 aromatic carbocycles. The second-order valence-corrected chi connectivity index (χ2v) is 6.61. The topological polar surface area (TPSA) is 110 Å². The van der Waals surface area contributed by atoms with Gasteiger partial charge in [-0.3, -0.25) is 10.1 Å². The van der Waals surface area contributed by atoms with E-state index in [1.54, 1.807) is 12.1 Å². The molecule has 0 atom stereocenters. The lowest BCUT2D eigenvalue weighted by molar-refractivity contribution is -0.386. The molecule has 0 spiro atoms. The number of nitrogens with zero attached hydrogens (tertiary/aromatic N) is 1. The average Bonchev–Trinajstić information content (AvgIpc) is 2.89. The number of phenols is 1. The number of nitrogens with one attached hydrogen (secondary N) is 1. The lowest BCUT2D eigenvalue weighted by Crippen LogP contribution is -2.22. The highest BCUT2D eigenvalue weighted by molar-refractivity contribution is 7.89. The van der Waals surface area contributed by atoms with E-state index < -0.39 is 26.4 Å². The number of hydrogen-bond acceptors (Lipinski definition) is 6. The second-order valence-electron chi connectivity index (χ2n) is 3.81. The molecule has 0 aliphatic rings. The summed E-state index contributed by atoms with van der Waals surface area (Å²) in [5, 5.41) is 21.8. The Morgan fingerprint density at radius 1 is 1.35 bits per heavy atom. The first-order valence-electron chi connectivity index (χ1n) is 5.39. The first-order chi connectivity index (χ1) is 9.40. The molecule has 106 valence electrons. The van der Waals surface area contributed by atoms with Crippen LogP contribution in [0.25, 0.3) is 0 Å². The number of nitro benzene ring substituents is 1. The number of benzene rings is 1. The Labute approximate surface area is 118 Å². The van der Waals surface area contributed by atoms with Gasteiger partial charge in [0.05, 0.1) is 9.82 Å². The Bertz CT molecular complexity index is 725. The first kappa shape index (κ1) is 14.4. The van der Waals surface area contributed by atoms with Gasteiger partial charge in [0, 0.05) is 17.5 Å². The van der Waals surface area contributed by atoms with Crippen molar-refractivity contribution in [3.63, 3.8) is 0 Å². The molecule has 0 aliphatic carbocycles. The highest BCUT2D eigenvalue weighted by atomic mass is 32.2. The Morgan fingerprint density at radius 2 is 2.10 bits per heavy atom. The molecule has 7 nitrogen and oxygen atoms in total. The number of thiophene rings is 1. The van der Waals surface area contributed by atoms with Crippen LogP contribution in [0.15, 0.2) is 40.6 Å². The smallest absolute Gasteiger partial charge is 0.312 e. The van der Waals surface area contributed by atoms with E-state index in [1.165, 1.54) is 11.3 Å². The molecule has 9 heteroatoms. The van der Waals surface area contributed by atoms with Crippen molar-refractivity contribution in [2.45, 2.75) is 11.4 Å². The van der Waals surface area contributed by atoms with Crippen LogP contribution in [0.4, 0.5) is 5.69 Å². The van der Waals surface area contributed by atoms with Gasteiger partial charge in [-0.25, -0.2) is 13.1 Å². The van der Waals surface area contributed by atoms with Gasteiger partial charge in [0.1, 0.15) is 0 Å². The largest absolute Gasteiger partial charge is 0.502 e. The SMILES string of the molecule is O=[N+]([O-])c1cc(S(=O)(=O)NCc2cccs2)ccc1O. The summed E-state index contributed by atoms with van der Waals surface area (Å²) in [6.07, 6.45) is 0. The summed E-state index contributed by atoms with van der Waals surface area (Å²) in [7, 11) is -3.87. The van der Waals surface area contributed by atoms with Crippen molar-refractivity contribution in [2.24, 2.45) is 0 Å². The van der Waals surface area contributed by atoms with Crippen LogP contribution in [0, 0.1) is 10.1 Å². The maximum absolute atomic E-state index is 12.0. The Balaban J connectivity index is 2.25. The van der Waals surface area contributed by atoms with Crippen LogP contribution in [0.5, 0.6) is 5.75 Å². The van der Waals surface area contributed by atoms with Crippen molar-refractivity contribution in [3.8, 4) is 5.75 Å². The molecule has 20 heavy (non-hydrogen) atoms. The van der Waals surface area contributed by atoms with Crippen LogP contribution in [0.2, 0.25) is 0 Å². The standard InChI is InChI=1S/C11H10N2O5S2/c14-11-4-3-9(6-10(11)13(15)16)20(17,18)12-7-8-2-1-5-19-8/h1-6,12,14H,7H2. The minimum atomic E-state index is -3.87. The van der Waals surface area contributed by atoms with E-state index in [0.29, 0.717) is 0 Å². The fourth-order valence-electron chi connectivity index (χ4n) is 1.48. The number of sulfonamides is 1. The summed E-state index contributed by atoms with van der Waals surface area (Å²) >= 11 is 1.39. The van der Waals surface area contributed by atoms with Crippen molar-refractivity contribution < 1.29 is 18.4 Å². The molecule has 2 aromatic rings. The first-order valence-corrected chi connectivity index (χ1v) is 7.76. The van der Waals surface area contributed by atoms with Crippen molar-refractivity contribution in [3.05, 3.63) is 50.7 Å². The highest BCUT2D eigenvalue weighted by Gasteiger charge is 2.21. The van der Waals surface area contributed by atoms with Crippen molar-refractivity contribution in [1.29, 1.82) is 0 Å². The fraction of sp³-hybridized carbons (Fsp3) is 0.0909. The number of nitro groups is 1. The van der Waals surface area contributed by atoms with Crippen LogP contribution in [0.1, 0.15) is 4.88 Å². The maximum atomic E-state index is 12.0. The Hall–Kier alpha value is -1.97. The molecular formula is C11H10N2O5S2. The highest BCUT2D eigenvalue weighted by Crippen LogP contribution is 2.28. The van der Waals surface area contributed by atoms with Gasteiger partial charge in [-0.1, -0.05) is 6.07 Å².